The third-order valence-electron chi connectivity index (χ3n) is 4.42. The highest BCUT2D eigenvalue weighted by atomic mass is 32.2. The number of amidine groups is 1. The molecule has 0 aliphatic carbocycles. The molecule has 1 N–H and O–H groups in total. The van der Waals surface area contributed by atoms with Gasteiger partial charge in [-0.2, -0.15) is 4.99 Å². The number of aromatic amines is 1. The fourth-order valence-electron chi connectivity index (χ4n) is 3.09. The van der Waals surface area contributed by atoms with E-state index in [-0.39, 0.29) is 5.91 Å². The number of hydrogen-bond acceptors (Lipinski definition) is 3. The molecule has 0 bridgehead atoms. The van der Waals surface area contributed by atoms with Crippen LogP contribution >= 0.6 is 11.8 Å². The second kappa shape index (κ2) is 7.74. The lowest BCUT2D eigenvalue weighted by molar-refractivity contribution is 0.100. The highest BCUT2D eigenvalue weighted by Gasteiger charge is 2.19. The summed E-state index contributed by atoms with van der Waals surface area (Å²) in [5, 5.41) is 1.63. The van der Waals surface area contributed by atoms with Gasteiger partial charge in [0.2, 0.25) is 0 Å². The topological polar surface area (TPSA) is 61.4 Å². The first-order valence-electron chi connectivity index (χ1n) is 8.78. The maximum absolute atomic E-state index is 12.8. The summed E-state index contributed by atoms with van der Waals surface area (Å²) in [7, 11) is 0. The Labute approximate surface area is 156 Å². The number of amides is 1. The number of hydrogen-bond donors (Lipinski definition) is 1. The van der Waals surface area contributed by atoms with Crippen molar-refractivity contribution in [1.29, 1.82) is 0 Å². The van der Waals surface area contributed by atoms with Gasteiger partial charge in [0.1, 0.15) is 5.65 Å². The second-order valence-corrected chi connectivity index (χ2v) is 7.33. The number of fused-ring (bicyclic) bond motifs is 1. The third kappa shape index (κ3) is 3.65. The zero-order valence-electron chi connectivity index (χ0n) is 14.4. The number of H-pyrrole nitrogens is 1. The van der Waals surface area contributed by atoms with Crippen molar-refractivity contribution in [1.82, 2.24) is 14.9 Å². The summed E-state index contributed by atoms with van der Waals surface area (Å²) in [5.74, 6) is 0.777. The maximum atomic E-state index is 12.8. The van der Waals surface area contributed by atoms with Gasteiger partial charge in [-0.05, 0) is 30.5 Å². The number of rotatable bonds is 3. The van der Waals surface area contributed by atoms with E-state index in [9.17, 15) is 4.79 Å². The molecular weight excluding hydrogens is 344 g/mol. The summed E-state index contributed by atoms with van der Waals surface area (Å²) >= 11 is 1.67. The molecule has 1 aromatic carbocycles. The monoisotopic (exact) mass is 364 g/mol. The predicted octanol–water partition coefficient (Wildman–Crippen LogP) is 4.09. The first kappa shape index (κ1) is 16.8. The van der Waals surface area contributed by atoms with Gasteiger partial charge in [-0.3, -0.25) is 4.79 Å². The third-order valence-corrected chi connectivity index (χ3v) is 5.52. The molecule has 3 aromatic rings. The van der Waals surface area contributed by atoms with E-state index in [0.29, 0.717) is 11.2 Å². The standard InChI is InChI=1S/C20H20N4OS/c25-19(17-13-22-18-16(17)9-6-10-21-18)23-20-24(11-4-5-12-26-20)14-15-7-2-1-3-8-15/h1-3,6-10,13H,4-5,11-12,14H2,(H,21,22)/b23-20-. The molecule has 26 heavy (non-hydrogen) atoms. The van der Waals surface area contributed by atoms with Gasteiger partial charge in [0.05, 0.1) is 5.56 Å². The minimum absolute atomic E-state index is 0.216. The van der Waals surface area contributed by atoms with Gasteiger partial charge in [0.15, 0.2) is 5.17 Å². The van der Waals surface area contributed by atoms with E-state index in [1.54, 1.807) is 24.2 Å². The fourth-order valence-corrected chi connectivity index (χ4v) is 4.11. The summed E-state index contributed by atoms with van der Waals surface area (Å²) in [6, 6.07) is 14.1. The van der Waals surface area contributed by atoms with Crippen LogP contribution in [-0.4, -0.2) is 38.2 Å². The van der Waals surface area contributed by atoms with Crippen LogP contribution in [0.4, 0.5) is 0 Å². The molecule has 0 saturated carbocycles. The summed E-state index contributed by atoms with van der Waals surface area (Å²) in [4.78, 5) is 26.8. The van der Waals surface area contributed by atoms with Crippen LogP contribution in [0.15, 0.2) is 59.9 Å². The fraction of sp³-hybridized carbons (Fsp3) is 0.250. The molecule has 1 fully saturated rings. The Bertz CT molecular complexity index is 935. The quantitative estimate of drug-likeness (QED) is 0.760. The summed E-state index contributed by atoms with van der Waals surface area (Å²) < 4.78 is 0. The zero-order valence-corrected chi connectivity index (χ0v) is 15.2. The Balaban J connectivity index is 1.62. The average molecular weight is 364 g/mol. The molecule has 0 spiro atoms. The van der Waals surface area contributed by atoms with E-state index in [1.165, 1.54) is 5.56 Å². The van der Waals surface area contributed by atoms with Crippen molar-refractivity contribution < 1.29 is 4.79 Å². The van der Waals surface area contributed by atoms with Crippen molar-refractivity contribution in [2.24, 2.45) is 4.99 Å². The molecule has 3 heterocycles. The summed E-state index contributed by atoms with van der Waals surface area (Å²) in [5.41, 5.74) is 2.52. The lowest BCUT2D eigenvalue weighted by Crippen LogP contribution is -2.29. The smallest absolute Gasteiger partial charge is 0.281 e. The van der Waals surface area contributed by atoms with Crippen LogP contribution < -0.4 is 0 Å². The molecule has 1 saturated heterocycles. The van der Waals surface area contributed by atoms with Gasteiger partial charge < -0.3 is 9.88 Å². The number of nitrogens with zero attached hydrogens (tertiary/aromatic N) is 3. The van der Waals surface area contributed by atoms with Gasteiger partial charge in [-0.1, -0.05) is 42.1 Å². The van der Waals surface area contributed by atoms with Crippen molar-refractivity contribution in [2.75, 3.05) is 12.3 Å². The number of nitrogens with one attached hydrogen (secondary N) is 1. The molecule has 4 rings (SSSR count). The van der Waals surface area contributed by atoms with Crippen LogP contribution in [0.3, 0.4) is 0 Å². The number of pyridine rings is 1. The van der Waals surface area contributed by atoms with Crippen LogP contribution in [0, 0.1) is 0 Å². The normalized spacial score (nSPS) is 16.8. The van der Waals surface area contributed by atoms with Crippen molar-refractivity contribution in [3.8, 4) is 0 Å². The lowest BCUT2D eigenvalue weighted by Gasteiger charge is -2.23. The van der Waals surface area contributed by atoms with Crippen molar-refractivity contribution in [2.45, 2.75) is 19.4 Å². The molecule has 1 amide bonds. The van der Waals surface area contributed by atoms with Crippen LogP contribution in [0.2, 0.25) is 0 Å². The van der Waals surface area contributed by atoms with E-state index in [4.69, 9.17) is 0 Å². The Hall–Kier alpha value is -2.60. The Morgan fingerprint density at radius 3 is 2.96 bits per heavy atom. The minimum atomic E-state index is -0.216. The molecule has 0 unspecified atom stereocenters. The van der Waals surface area contributed by atoms with Crippen molar-refractivity contribution in [3.63, 3.8) is 0 Å². The number of aromatic nitrogens is 2. The highest BCUT2D eigenvalue weighted by molar-refractivity contribution is 8.13. The van der Waals surface area contributed by atoms with Gasteiger partial charge in [0, 0.05) is 36.6 Å². The SMILES string of the molecule is O=C(/N=C1\SCCCCN1Cc1ccccc1)c1c[nH]c2ncccc12. The molecule has 1 aliphatic rings. The highest BCUT2D eigenvalue weighted by Crippen LogP contribution is 2.22. The average Bonchev–Trinajstić information content (AvgIpc) is 2.99. The van der Waals surface area contributed by atoms with E-state index in [2.05, 4.69) is 32.0 Å². The molecule has 5 nitrogen and oxygen atoms in total. The summed E-state index contributed by atoms with van der Waals surface area (Å²) in [6.07, 6.45) is 5.67. The molecular formula is C20H20N4OS. The number of benzene rings is 1. The number of aliphatic imine (C=N–C) groups is 1. The number of thioether (sulfide) groups is 1. The maximum Gasteiger partial charge on any atom is 0.281 e. The summed E-state index contributed by atoms with van der Waals surface area (Å²) in [6.45, 7) is 1.69. The van der Waals surface area contributed by atoms with Gasteiger partial charge in [-0.15, -0.1) is 0 Å². The molecule has 132 valence electrons. The van der Waals surface area contributed by atoms with Gasteiger partial charge in [0.25, 0.3) is 5.91 Å². The van der Waals surface area contributed by atoms with E-state index in [1.807, 2.05) is 30.3 Å². The van der Waals surface area contributed by atoms with Crippen molar-refractivity contribution >= 4 is 33.9 Å². The molecule has 1 aliphatic heterocycles. The predicted molar refractivity (Wildman–Crippen MR) is 106 cm³/mol. The molecule has 0 radical (unpaired) electrons. The van der Waals surface area contributed by atoms with E-state index >= 15 is 0 Å². The minimum Gasteiger partial charge on any atom is -0.347 e. The Morgan fingerprint density at radius 1 is 1.19 bits per heavy atom. The largest absolute Gasteiger partial charge is 0.347 e. The van der Waals surface area contributed by atoms with Crippen LogP contribution in [0.5, 0.6) is 0 Å². The molecule has 0 atom stereocenters. The Kier molecular flexibility index (Phi) is 5.02. The van der Waals surface area contributed by atoms with Crippen LogP contribution in [0.1, 0.15) is 28.8 Å². The lowest BCUT2D eigenvalue weighted by atomic mass is 10.2. The van der Waals surface area contributed by atoms with E-state index < -0.39 is 0 Å². The van der Waals surface area contributed by atoms with E-state index in [0.717, 1.165) is 42.2 Å². The van der Waals surface area contributed by atoms with Crippen LogP contribution in [0.25, 0.3) is 11.0 Å². The first-order valence-corrected chi connectivity index (χ1v) is 9.76. The second-order valence-electron chi connectivity index (χ2n) is 6.26. The molecule has 6 heteroatoms. The van der Waals surface area contributed by atoms with Crippen LogP contribution in [-0.2, 0) is 6.54 Å². The van der Waals surface area contributed by atoms with Crippen molar-refractivity contribution in [3.05, 3.63) is 66.0 Å². The number of carbonyl (C=O) groups excluding carboxylic acids is 1. The Morgan fingerprint density at radius 2 is 2.08 bits per heavy atom. The first-order chi connectivity index (χ1) is 12.8. The van der Waals surface area contributed by atoms with Gasteiger partial charge in [-0.25, -0.2) is 4.98 Å². The number of carbonyl (C=O) groups is 1. The zero-order chi connectivity index (χ0) is 17.8. The van der Waals surface area contributed by atoms with Gasteiger partial charge >= 0.3 is 0 Å². The molecule has 2 aromatic heterocycles.